The Labute approximate surface area is 108 Å². The standard InChI is InChI=1S/C14H17NO2S/c1-11(2)10-15-18(16,17)14-9-5-7-12-6-3-4-8-13(12)14/h3-9,11,15H,10H2,1-2H3. The summed E-state index contributed by atoms with van der Waals surface area (Å²) in [6.07, 6.45) is 0. The van der Waals surface area contributed by atoms with Crippen molar-refractivity contribution >= 4 is 20.8 Å². The van der Waals surface area contributed by atoms with Crippen molar-refractivity contribution < 1.29 is 8.42 Å². The van der Waals surface area contributed by atoms with Gasteiger partial charge in [0.15, 0.2) is 0 Å². The summed E-state index contributed by atoms with van der Waals surface area (Å²) in [7, 11) is -3.43. The van der Waals surface area contributed by atoms with E-state index in [2.05, 4.69) is 4.72 Å². The molecule has 0 aromatic heterocycles. The number of hydrogen-bond donors (Lipinski definition) is 1. The number of nitrogens with one attached hydrogen (secondary N) is 1. The van der Waals surface area contributed by atoms with Crippen LogP contribution in [0, 0.1) is 5.92 Å². The van der Waals surface area contributed by atoms with E-state index < -0.39 is 10.0 Å². The van der Waals surface area contributed by atoms with Gasteiger partial charge in [-0.2, -0.15) is 0 Å². The van der Waals surface area contributed by atoms with Gasteiger partial charge in [-0.05, 0) is 17.4 Å². The number of hydrogen-bond acceptors (Lipinski definition) is 2. The van der Waals surface area contributed by atoms with Crippen LogP contribution >= 0.6 is 0 Å². The van der Waals surface area contributed by atoms with E-state index in [9.17, 15) is 8.42 Å². The number of rotatable bonds is 4. The lowest BCUT2D eigenvalue weighted by Crippen LogP contribution is -2.27. The SMILES string of the molecule is CC(C)CNS(=O)(=O)c1cccc2ccccc12. The van der Waals surface area contributed by atoms with Crippen molar-refractivity contribution in [3.8, 4) is 0 Å². The van der Waals surface area contributed by atoms with Crippen molar-refractivity contribution in [3.63, 3.8) is 0 Å². The van der Waals surface area contributed by atoms with Gasteiger partial charge in [-0.1, -0.05) is 50.2 Å². The highest BCUT2D eigenvalue weighted by Gasteiger charge is 2.16. The predicted octanol–water partition coefficient (Wildman–Crippen LogP) is 2.77. The Morgan fingerprint density at radius 3 is 2.44 bits per heavy atom. The van der Waals surface area contributed by atoms with Crippen molar-refractivity contribution in [1.82, 2.24) is 4.72 Å². The Kier molecular flexibility index (Phi) is 3.68. The molecule has 0 saturated heterocycles. The van der Waals surface area contributed by atoms with E-state index in [1.165, 1.54) is 0 Å². The molecule has 0 aliphatic heterocycles. The minimum atomic E-state index is -3.43. The zero-order valence-electron chi connectivity index (χ0n) is 10.6. The highest BCUT2D eigenvalue weighted by atomic mass is 32.2. The highest BCUT2D eigenvalue weighted by molar-refractivity contribution is 7.89. The number of benzene rings is 2. The molecule has 0 heterocycles. The summed E-state index contributed by atoms with van der Waals surface area (Å²) in [4.78, 5) is 0.348. The summed E-state index contributed by atoms with van der Waals surface area (Å²) in [6.45, 7) is 4.41. The molecule has 2 rings (SSSR count). The van der Waals surface area contributed by atoms with Crippen molar-refractivity contribution in [2.24, 2.45) is 5.92 Å². The van der Waals surface area contributed by atoms with Crippen molar-refractivity contribution in [2.75, 3.05) is 6.54 Å². The van der Waals surface area contributed by atoms with Gasteiger partial charge in [-0.25, -0.2) is 13.1 Å². The van der Waals surface area contributed by atoms with E-state index in [-0.39, 0.29) is 5.92 Å². The zero-order chi connectivity index (χ0) is 13.2. The molecule has 3 nitrogen and oxygen atoms in total. The molecule has 0 saturated carbocycles. The molecule has 0 spiro atoms. The van der Waals surface area contributed by atoms with E-state index in [4.69, 9.17) is 0 Å². The van der Waals surface area contributed by atoms with Gasteiger partial charge in [0.25, 0.3) is 0 Å². The normalized spacial score (nSPS) is 12.2. The molecule has 18 heavy (non-hydrogen) atoms. The average molecular weight is 263 g/mol. The van der Waals surface area contributed by atoms with E-state index in [0.29, 0.717) is 11.4 Å². The highest BCUT2D eigenvalue weighted by Crippen LogP contribution is 2.22. The number of sulfonamides is 1. The molecule has 0 atom stereocenters. The van der Waals surface area contributed by atoms with Crippen LogP contribution in [0.1, 0.15) is 13.8 Å². The zero-order valence-corrected chi connectivity index (χ0v) is 11.4. The van der Waals surface area contributed by atoms with Crippen molar-refractivity contribution in [3.05, 3.63) is 42.5 Å². The first-order valence-corrected chi connectivity index (χ1v) is 7.46. The van der Waals surface area contributed by atoms with Crippen LogP contribution in [0.15, 0.2) is 47.4 Å². The molecular formula is C14H17NO2S. The fraction of sp³-hybridized carbons (Fsp3) is 0.286. The Balaban J connectivity index is 2.47. The third kappa shape index (κ3) is 2.71. The predicted molar refractivity (Wildman–Crippen MR) is 74.0 cm³/mol. The second kappa shape index (κ2) is 5.08. The first-order chi connectivity index (χ1) is 8.50. The molecule has 96 valence electrons. The molecule has 1 N–H and O–H groups in total. The van der Waals surface area contributed by atoms with Gasteiger partial charge < -0.3 is 0 Å². The molecular weight excluding hydrogens is 246 g/mol. The summed E-state index contributed by atoms with van der Waals surface area (Å²) in [5.74, 6) is 0.287. The Bertz CT molecular complexity index is 642. The van der Waals surface area contributed by atoms with Crippen LogP contribution in [0.4, 0.5) is 0 Å². The van der Waals surface area contributed by atoms with Crippen molar-refractivity contribution in [2.45, 2.75) is 18.7 Å². The lowest BCUT2D eigenvalue weighted by molar-refractivity contribution is 0.561. The van der Waals surface area contributed by atoms with Crippen LogP contribution in [0.5, 0.6) is 0 Å². The molecule has 0 aliphatic rings. The molecule has 0 bridgehead atoms. The Hall–Kier alpha value is -1.39. The van der Waals surface area contributed by atoms with Gasteiger partial charge in [-0.3, -0.25) is 0 Å². The maximum absolute atomic E-state index is 12.2. The summed E-state index contributed by atoms with van der Waals surface area (Å²) >= 11 is 0. The van der Waals surface area contributed by atoms with E-state index in [0.717, 1.165) is 10.8 Å². The van der Waals surface area contributed by atoms with Gasteiger partial charge >= 0.3 is 0 Å². The summed E-state index contributed by atoms with van der Waals surface area (Å²) < 4.78 is 27.1. The monoisotopic (exact) mass is 263 g/mol. The van der Waals surface area contributed by atoms with Crippen LogP contribution < -0.4 is 4.72 Å². The maximum atomic E-state index is 12.2. The first kappa shape index (κ1) is 13.1. The van der Waals surface area contributed by atoms with E-state index >= 15 is 0 Å². The van der Waals surface area contributed by atoms with Gasteiger partial charge in [0, 0.05) is 11.9 Å². The molecule has 0 radical (unpaired) electrons. The summed E-state index contributed by atoms with van der Waals surface area (Å²) in [5.41, 5.74) is 0. The first-order valence-electron chi connectivity index (χ1n) is 5.98. The van der Waals surface area contributed by atoms with Crippen LogP contribution in [0.3, 0.4) is 0 Å². The second-order valence-electron chi connectivity index (χ2n) is 4.72. The van der Waals surface area contributed by atoms with E-state index in [1.54, 1.807) is 12.1 Å². The van der Waals surface area contributed by atoms with Gasteiger partial charge in [0.05, 0.1) is 4.90 Å². The second-order valence-corrected chi connectivity index (χ2v) is 6.46. The van der Waals surface area contributed by atoms with Gasteiger partial charge in [0.1, 0.15) is 0 Å². The molecule has 0 amide bonds. The van der Waals surface area contributed by atoms with Crippen LogP contribution in [0.2, 0.25) is 0 Å². The largest absolute Gasteiger partial charge is 0.241 e. The Morgan fingerprint density at radius 2 is 1.72 bits per heavy atom. The molecule has 0 aliphatic carbocycles. The smallest absolute Gasteiger partial charge is 0.211 e. The van der Waals surface area contributed by atoms with E-state index in [1.807, 2.05) is 44.2 Å². The lowest BCUT2D eigenvalue weighted by atomic mass is 10.1. The molecule has 0 unspecified atom stereocenters. The molecule has 4 heteroatoms. The fourth-order valence-corrected chi connectivity index (χ4v) is 3.23. The third-order valence-electron chi connectivity index (χ3n) is 2.72. The Morgan fingerprint density at radius 1 is 1.06 bits per heavy atom. The average Bonchev–Trinajstić information content (AvgIpc) is 2.36. The van der Waals surface area contributed by atoms with Gasteiger partial charge in [0.2, 0.25) is 10.0 Å². The molecule has 2 aromatic carbocycles. The summed E-state index contributed by atoms with van der Waals surface area (Å²) in [6, 6.07) is 12.8. The van der Waals surface area contributed by atoms with Crippen molar-refractivity contribution in [1.29, 1.82) is 0 Å². The minimum absolute atomic E-state index is 0.287. The lowest BCUT2D eigenvalue weighted by Gasteiger charge is -2.10. The third-order valence-corrected chi connectivity index (χ3v) is 4.20. The molecule has 0 fully saturated rings. The maximum Gasteiger partial charge on any atom is 0.241 e. The van der Waals surface area contributed by atoms with Crippen LogP contribution in [-0.4, -0.2) is 15.0 Å². The summed E-state index contributed by atoms with van der Waals surface area (Å²) in [5, 5.41) is 1.70. The number of fused-ring (bicyclic) bond motifs is 1. The van der Waals surface area contributed by atoms with Crippen LogP contribution in [0.25, 0.3) is 10.8 Å². The fourth-order valence-electron chi connectivity index (χ4n) is 1.78. The minimum Gasteiger partial charge on any atom is -0.211 e. The molecule has 2 aromatic rings. The quantitative estimate of drug-likeness (QED) is 0.922. The van der Waals surface area contributed by atoms with Crippen LogP contribution in [-0.2, 0) is 10.0 Å². The van der Waals surface area contributed by atoms with Gasteiger partial charge in [-0.15, -0.1) is 0 Å². The topological polar surface area (TPSA) is 46.2 Å².